The summed E-state index contributed by atoms with van der Waals surface area (Å²) in [6.45, 7) is 2.08. The highest BCUT2D eigenvalue weighted by Crippen LogP contribution is 2.48. The van der Waals surface area contributed by atoms with Gasteiger partial charge in [-0.2, -0.15) is 0 Å². The number of hydrogen-bond acceptors (Lipinski definition) is 3. The predicted molar refractivity (Wildman–Crippen MR) is 61.6 cm³/mol. The Morgan fingerprint density at radius 2 is 2.06 bits per heavy atom. The first-order valence-corrected chi connectivity index (χ1v) is 6.39. The Hall–Kier alpha value is -0.900. The number of aromatic nitrogens is 3. The summed E-state index contributed by atoms with van der Waals surface area (Å²) in [5.74, 6) is 3.01. The first-order valence-electron chi connectivity index (χ1n) is 6.39. The van der Waals surface area contributed by atoms with Gasteiger partial charge >= 0.3 is 0 Å². The molecule has 2 aliphatic carbocycles. The fourth-order valence-corrected chi connectivity index (χ4v) is 2.60. The summed E-state index contributed by atoms with van der Waals surface area (Å²) in [5.41, 5.74) is 1.17. The molecule has 0 unspecified atom stereocenters. The molecular formula is C12H20N4. The van der Waals surface area contributed by atoms with Crippen molar-refractivity contribution in [2.24, 2.45) is 24.8 Å². The summed E-state index contributed by atoms with van der Waals surface area (Å²) in [6.07, 6.45) is 7.72. The van der Waals surface area contributed by atoms with Crippen molar-refractivity contribution in [1.29, 1.82) is 0 Å². The van der Waals surface area contributed by atoms with Crippen molar-refractivity contribution in [2.75, 3.05) is 6.54 Å². The molecule has 1 N–H and O–H groups in total. The number of hydrogen-bond donors (Lipinski definition) is 1. The van der Waals surface area contributed by atoms with Crippen molar-refractivity contribution in [3.63, 3.8) is 0 Å². The molecule has 0 bridgehead atoms. The van der Waals surface area contributed by atoms with Gasteiger partial charge in [-0.3, -0.25) is 4.68 Å². The Balaban J connectivity index is 1.46. The number of nitrogens with zero attached hydrogens (tertiary/aromatic N) is 3. The van der Waals surface area contributed by atoms with Gasteiger partial charge in [-0.25, -0.2) is 0 Å². The molecule has 0 aliphatic heterocycles. The minimum Gasteiger partial charge on any atom is -0.311 e. The van der Waals surface area contributed by atoms with Crippen LogP contribution in [0.2, 0.25) is 0 Å². The van der Waals surface area contributed by atoms with Crippen molar-refractivity contribution in [3.05, 3.63) is 11.9 Å². The van der Waals surface area contributed by atoms with E-state index < -0.39 is 0 Å². The molecule has 2 saturated carbocycles. The third-order valence-electron chi connectivity index (χ3n) is 3.95. The summed E-state index contributed by atoms with van der Waals surface area (Å²) >= 11 is 0. The molecule has 1 aromatic heterocycles. The van der Waals surface area contributed by atoms with E-state index in [1.54, 1.807) is 0 Å². The second-order valence-corrected chi connectivity index (χ2v) is 5.32. The molecule has 0 spiro atoms. The van der Waals surface area contributed by atoms with Gasteiger partial charge in [0.15, 0.2) is 0 Å². The van der Waals surface area contributed by atoms with Gasteiger partial charge in [-0.1, -0.05) is 5.21 Å². The number of aryl methyl sites for hydroxylation is 1. The minimum absolute atomic E-state index is 0.902. The third kappa shape index (κ3) is 2.26. The van der Waals surface area contributed by atoms with Gasteiger partial charge in [0.1, 0.15) is 0 Å². The lowest BCUT2D eigenvalue weighted by molar-refractivity contribution is 0.376. The second kappa shape index (κ2) is 4.17. The van der Waals surface area contributed by atoms with Crippen LogP contribution in [0, 0.1) is 17.8 Å². The summed E-state index contributed by atoms with van der Waals surface area (Å²) in [4.78, 5) is 0. The SMILES string of the molecule is Cn1nncc1CNCC(C1CC1)C1CC1. The molecule has 88 valence electrons. The Bertz CT molecular complexity index is 340. The maximum Gasteiger partial charge on any atom is 0.0738 e. The molecule has 0 amide bonds. The molecule has 3 rings (SSSR count). The fourth-order valence-electron chi connectivity index (χ4n) is 2.60. The van der Waals surface area contributed by atoms with Gasteiger partial charge in [-0.05, 0) is 50.0 Å². The zero-order valence-electron chi connectivity index (χ0n) is 9.89. The maximum atomic E-state index is 3.94. The second-order valence-electron chi connectivity index (χ2n) is 5.32. The van der Waals surface area contributed by atoms with E-state index in [-0.39, 0.29) is 0 Å². The average Bonchev–Trinajstić information content (AvgIpc) is 3.15. The fraction of sp³-hybridized carbons (Fsp3) is 0.833. The van der Waals surface area contributed by atoms with Gasteiger partial charge in [0.25, 0.3) is 0 Å². The molecule has 2 fully saturated rings. The summed E-state index contributed by atoms with van der Waals surface area (Å²) in [5, 5.41) is 11.4. The van der Waals surface area contributed by atoms with Gasteiger partial charge in [-0.15, -0.1) is 5.10 Å². The predicted octanol–water partition coefficient (Wildman–Crippen LogP) is 1.34. The monoisotopic (exact) mass is 220 g/mol. The Kier molecular flexibility index (Phi) is 2.67. The van der Waals surface area contributed by atoms with Crippen LogP contribution >= 0.6 is 0 Å². The molecule has 1 heterocycles. The van der Waals surface area contributed by atoms with E-state index in [1.807, 2.05) is 17.9 Å². The molecule has 2 aliphatic rings. The molecule has 0 aromatic carbocycles. The van der Waals surface area contributed by atoms with Crippen molar-refractivity contribution in [1.82, 2.24) is 20.3 Å². The zero-order valence-corrected chi connectivity index (χ0v) is 9.89. The van der Waals surface area contributed by atoms with Crippen LogP contribution in [0.4, 0.5) is 0 Å². The van der Waals surface area contributed by atoms with Crippen LogP contribution < -0.4 is 5.32 Å². The van der Waals surface area contributed by atoms with Crippen LogP contribution in [0.1, 0.15) is 31.4 Å². The average molecular weight is 220 g/mol. The summed E-state index contributed by atoms with van der Waals surface area (Å²) in [6, 6.07) is 0. The Labute approximate surface area is 96.4 Å². The van der Waals surface area contributed by atoms with E-state index in [0.717, 1.165) is 24.3 Å². The third-order valence-corrected chi connectivity index (χ3v) is 3.95. The van der Waals surface area contributed by atoms with E-state index in [4.69, 9.17) is 0 Å². The molecule has 1 aromatic rings. The summed E-state index contributed by atoms with van der Waals surface area (Å²) in [7, 11) is 1.95. The first-order chi connectivity index (χ1) is 7.84. The van der Waals surface area contributed by atoms with E-state index in [2.05, 4.69) is 15.6 Å². The van der Waals surface area contributed by atoms with Crippen LogP contribution in [0.3, 0.4) is 0 Å². The van der Waals surface area contributed by atoms with E-state index in [9.17, 15) is 0 Å². The molecular weight excluding hydrogens is 200 g/mol. The van der Waals surface area contributed by atoms with Crippen LogP contribution in [-0.4, -0.2) is 21.5 Å². The van der Waals surface area contributed by atoms with Crippen molar-refractivity contribution >= 4 is 0 Å². The van der Waals surface area contributed by atoms with Gasteiger partial charge < -0.3 is 5.32 Å². The van der Waals surface area contributed by atoms with Gasteiger partial charge in [0, 0.05) is 13.6 Å². The molecule has 0 saturated heterocycles. The van der Waals surface area contributed by atoms with Gasteiger partial charge in [0.05, 0.1) is 11.9 Å². The zero-order chi connectivity index (χ0) is 11.0. The van der Waals surface area contributed by atoms with Crippen molar-refractivity contribution < 1.29 is 0 Å². The Morgan fingerprint density at radius 1 is 1.38 bits per heavy atom. The molecule has 4 heteroatoms. The normalized spacial score (nSPS) is 20.6. The van der Waals surface area contributed by atoms with E-state index in [1.165, 1.54) is 37.9 Å². The molecule has 16 heavy (non-hydrogen) atoms. The lowest BCUT2D eigenvalue weighted by atomic mass is 9.98. The van der Waals surface area contributed by atoms with Crippen molar-refractivity contribution in [3.8, 4) is 0 Å². The smallest absolute Gasteiger partial charge is 0.0738 e. The lowest BCUT2D eigenvalue weighted by Crippen LogP contribution is -2.26. The first kappa shape index (κ1) is 10.3. The highest BCUT2D eigenvalue weighted by molar-refractivity contribution is 4.95. The standard InChI is InChI=1S/C12H20N4/c1-16-11(7-14-15-16)6-13-8-12(9-2-3-9)10-4-5-10/h7,9-10,12-13H,2-6,8H2,1H3. The highest BCUT2D eigenvalue weighted by Gasteiger charge is 2.40. The lowest BCUT2D eigenvalue weighted by Gasteiger charge is -2.15. The molecule has 0 radical (unpaired) electrons. The minimum atomic E-state index is 0.902. The quantitative estimate of drug-likeness (QED) is 0.786. The number of nitrogens with one attached hydrogen (secondary N) is 1. The topological polar surface area (TPSA) is 42.7 Å². The largest absolute Gasteiger partial charge is 0.311 e. The highest BCUT2D eigenvalue weighted by atomic mass is 15.4. The number of rotatable bonds is 6. The van der Waals surface area contributed by atoms with Crippen molar-refractivity contribution in [2.45, 2.75) is 32.2 Å². The van der Waals surface area contributed by atoms with Gasteiger partial charge in [0.2, 0.25) is 0 Å². The van der Waals surface area contributed by atoms with Crippen LogP contribution in [0.5, 0.6) is 0 Å². The Morgan fingerprint density at radius 3 is 2.56 bits per heavy atom. The molecule has 4 nitrogen and oxygen atoms in total. The maximum absolute atomic E-state index is 3.94. The van der Waals surface area contributed by atoms with Crippen LogP contribution in [-0.2, 0) is 13.6 Å². The summed E-state index contributed by atoms with van der Waals surface area (Å²) < 4.78 is 1.84. The van der Waals surface area contributed by atoms with Crippen LogP contribution in [0.15, 0.2) is 6.20 Å². The van der Waals surface area contributed by atoms with E-state index in [0.29, 0.717) is 0 Å². The molecule has 0 atom stereocenters. The van der Waals surface area contributed by atoms with Crippen LogP contribution in [0.25, 0.3) is 0 Å². The van der Waals surface area contributed by atoms with E-state index >= 15 is 0 Å².